The monoisotopic (exact) mass is 373 g/mol. The van der Waals surface area contributed by atoms with Gasteiger partial charge in [0.05, 0.1) is 5.75 Å². The van der Waals surface area contributed by atoms with Crippen molar-refractivity contribution < 1.29 is 4.79 Å². The molecule has 6 nitrogen and oxygen atoms in total. The third-order valence-corrected chi connectivity index (χ3v) is 5.88. The van der Waals surface area contributed by atoms with Crippen LogP contribution in [-0.4, -0.2) is 38.5 Å². The number of nitrogens with zero attached hydrogens (tertiary/aromatic N) is 4. The normalized spacial score (nSPS) is 15.2. The Hall–Kier alpha value is -2.02. The Labute approximate surface area is 159 Å². The fraction of sp³-hybridized carbons (Fsp3) is 0.526. The summed E-state index contributed by atoms with van der Waals surface area (Å²) in [5.74, 6) is 7.79. The van der Waals surface area contributed by atoms with E-state index >= 15 is 0 Å². The highest BCUT2D eigenvalue weighted by molar-refractivity contribution is 7.99. The van der Waals surface area contributed by atoms with Crippen LogP contribution in [0.15, 0.2) is 29.4 Å². The van der Waals surface area contributed by atoms with Gasteiger partial charge in [-0.15, -0.1) is 10.2 Å². The zero-order valence-corrected chi connectivity index (χ0v) is 16.3. The molecule has 0 spiro atoms. The smallest absolute Gasteiger partial charge is 0.233 e. The molecule has 0 atom stereocenters. The van der Waals surface area contributed by atoms with Gasteiger partial charge in [-0.25, -0.2) is 4.68 Å². The van der Waals surface area contributed by atoms with Crippen molar-refractivity contribution in [3.63, 3.8) is 0 Å². The van der Waals surface area contributed by atoms with Gasteiger partial charge in [0, 0.05) is 19.5 Å². The molecule has 0 bridgehead atoms. The molecule has 2 aromatic rings. The van der Waals surface area contributed by atoms with Gasteiger partial charge in [0.15, 0.2) is 5.82 Å². The van der Waals surface area contributed by atoms with Gasteiger partial charge >= 0.3 is 0 Å². The number of rotatable bonds is 6. The van der Waals surface area contributed by atoms with E-state index in [9.17, 15) is 4.79 Å². The molecular formula is C19H27N5OS. The topological polar surface area (TPSA) is 77.0 Å². The first-order valence-corrected chi connectivity index (χ1v) is 10.2. The van der Waals surface area contributed by atoms with Gasteiger partial charge in [-0.3, -0.25) is 4.79 Å². The molecular weight excluding hydrogens is 346 g/mol. The molecule has 1 aliphatic carbocycles. The van der Waals surface area contributed by atoms with E-state index in [0.717, 1.165) is 24.2 Å². The minimum Gasteiger partial charge on any atom is -0.341 e. The van der Waals surface area contributed by atoms with E-state index in [-0.39, 0.29) is 5.91 Å². The molecule has 1 aliphatic rings. The minimum absolute atomic E-state index is 0.0535. The van der Waals surface area contributed by atoms with Crippen molar-refractivity contribution in [3.05, 3.63) is 41.2 Å². The summed E-state index contributed by atoms with van der Waals surface area (Å²) in [6.07, 6.45) is 5.99. The number of amides is 1. The largest absolute Gasteiger partial charge is 0.341 e. The van der Waals surface area contributed by atoms with Crippen LogP contribution in [0.1, 0.15) is 55.0 Å². The number of carbonyl (C=O) groups excluding carboxylic acids is 1. The van der Waals surface area contributed by atoms with E-state index in [4.69, 9.17) is 5.84 Å². The van der Waals surface area contributed by atoms with Crippen LogP contribution in [0.2, 0.25) is 0 Å². The van der Waals surface area contributed by atoms with Gasteiger partial charge in [0.1, 0.15) is 0 Å². The van der Waals surface area contributed by atoms with Crippen LogP contribution >= 0.6 is 11.8 Å². The third-order valence-electron chi connectivity index (χ3n) is 4.95. The quantitative estimate of drug-likeness (QED) is 0.622. The number of benzene rings is 1. The Bertz CT molecular complexity index is 737. The second-order valence-corrected chi connectivity index (χ2v) is 8.01. The molecule has 0 unspecified atom stereocenters. The van der Waals surface area contributed by atoms with Gasteiger partial charge in [0.25, 0.3) is 0 Å². The van der Waals surface area contributed by atoms with Crippen molar-refractivity contribution in [1.82, 2.24) is 19.8 Å². The van der Waals surface area contributed by atoms with E-state index in [1.54, 1.807) is 9.58 Å². The summed E-state index contributed by atoms with van der Waals surface area (Å²) >= 11 is 1.35. The maximum atomic E-state index is 12.4. The average molecular weight is 374 g/mol. The van der Waals surface area contributed by atoms with Crippen molar-refractivity contribution in [2.45, 2.75) is 56.6 Å². The van der Waals surface area contributed by atoms with Crippen molar-refractivity contribution in [1.29, 1.82) is 0 Å². The van der Waals surface area contributed by atoms with Crippen LogP contribution in [0.3, 0.4) is 0 Å². The molecule has 3 rings (SSSR count). The van der Waals surface area contributed by atoms with Crippen LogP contribution in [-0.2, 0) is 11.3 Å². The van der Waals surface area contributed by atoms with Gasteiger partial charge in [-0.05, 0) is 25.3 Å². The van der Waals surface area contributed by atoms with Crippen molar-refractivity contribution >= 4 is 17.7 Å². The van der Waals surface area contributed by atoms with E-state index in [2.05, 4.69) is 41.4 Å². The molecule has 1 aromatic carbocycles. The summed E-state index contributed by atoms with van der Waals surface area (Å²) in [7, 11) is 1.82. The van der Waals surface area contributed by atoms with Crippen LogP contribution in [0.5, 0.6) is 0 Å². The van der Waals surface area contributed by atoms with E-state index in [1.165, 1.54) is 36.6 Å². The van der Waals surface area contributed by atoms with Gasteiger partial charge < -0.3 is 10.7 Å². The molecule has 1 heterocycles. The molecule has 7 heteroatoms. The standard InChI is InChI=1S/C19H27N5OS/c1-14-8-10-15(11-9-14)12-23(2)17(25)13-26-19-22-21-18(24(19)20)16-6-4-3-5-7-16/h8-11,16H,3-7,12-13,20H2,1-2H3. The Balaban J connectivity index is 1.54. The molecule has 0 aliphatic heterocycles. The van der Waals surface area contributed by atoms with Crippen LogP contribution in [0.4, 0.5) is 0 Å². The number of hydrogen-bond acceptors (Lipinski definition) is 5. The van der Waals surface area contributed by atoms with Crippen molar-refractivity contribution in [3.8, 4) is 0 Å². The lowest BCUT2D eigenvalue weighted by molar-refractivity contribution is -0.127. The van der Waals surface area contributed by atoms with Gasteiger partial charge in [0.2, 0.25) is 11.1 Å². The number of aromatic nitrogens is 3. The van der Waals surface area contributed by atoms with E-state index in [1.807, 2.05) is 7.05 Å². The number of nitrogens with two attached hydrogens (primary N) is 1. The summed E-state index contributed by atoms with van der Waals surface area (Å²) in [4.78, 5) is 14.1. The molecule has 26 heavy (non-hydrogen) atoms. The highest BCUT2D eigenvalue weighted by Gasteiger charge is 2.23. The first-order valence-electron chi connectivity index (χ1n) is 9.17. The summed E-state index contributed by atoms with van der Waals surface area (Å²) in [6, 6.07) is 8.23. The molecule has 0 radical (unpaired) electrons. The summed E-state index contributed by atoms with van der Waals surface area (Å²) in [5, 5.41) is 9.09. The number of thioether (sulfide) groups is 1. The number of carbonyl (C=O) groups is 1. The van der Waals surface area contributed by atoms with Crippen LogP contribution < -0.4 is 5.84 Å². The molecule has 140 valence electrons. The minimum atomic E-state index is 0.0535. The number of hydrogen-bond donors (Lipinski definition) is 1. The fourth-order valence-corrected chi connectivity index (χ4v) is 4.12. The molecule has 2 N–H and O–H groups in total. The molecule has 1 saturated carbocycles. The predicted molar refractivity (Wildman–Crippen MR) is 104 cm³/mol. The molecule has 1 amide bonds. The lowest BCUT2D eigenvalue weighted by Crippen LogP contribution is -2.28. The Kier molecular flexibility index (Phi) is 6.19. The number of aryl methyl sites for hydroxylation is 1. The second kappa shape index (κ2) is 8.58. The molecule has 1 aromatic heterocycles. The number of nitrogen functional groups attached to an aromatic ring is 1. The van der Waals surface area contributed by atoms with Gasteiger partial charge in [-0.1, -0.05) is 60.9 Å². The lowest BCUT2D eigenvalue weighted by atomic mass is 9.89. The highest BCUT2D eigenvalue weighted by atomic mass is 32.2. The maximum absolute atomic E-state index is 12.4. The molecule has 1 fully saturated rings. The zero-order valence-electron chi connectivity index (χ0n) is 15.5. The predicted octanol–water partition coefficient (Wildman–Crippen LogP) is 3.10. The van der Waals surface area contributed by atoms with Crippen LogP contribution in [0, 0.1) is 6.92 Å². The average Bonchev–Trinajstić information content (AvgIpc) is 3.03. The second-order valence-electron chi connectivity index (χ2n) is 7.07. The third kappa shape index (κ3) is 4.58. The molecule has 0 saturated heterocycles. The fourth-order valence-electron chi connectivity index (χ4n) is 3.32. The summed E-state index contributed by atoms with van der Waals surface area (Å²) in [6.45, 7) is 2.65. The van der Waals surface area contributed by atoms with Gasteiger partial charge in [-0.2, -0.15) is 0 Å². The lowest BCUT2D eigenvalue weighted by Gasteiger charge is -2.20. The Morgan fingerprint density at radius 2 is 1.92 bits per heavy atom. The Morgan fingerprint density at radius 3 is 2.62 bits per heavy atom. The summed E-state index contributed by atoms with van der Waals surface area (Å²) in [5.41, 5.74) is 2.34. The van der Waals surface area contributed by atoms with E-state index < -0.39 is 0 Å². The first kappa shape index (κ1) is 18.8. The zero-order chi connectivity index (χ0) is 18.5. The SMILES string of the molecule is Cc1ccc(CN(C)C(=O)CSc2nnc(C3CCCCC3)n2N)cc1. The summed E-state index contributed by atoms with van der Waals surface area (Å²) < 4.78 is 1.58. The van der Waals surface area contributed by atoms with Crippen LogP contribution in [0.25, 0.3) is 0 Å². The van der Waals surface area contributed by atoms with E-state index in [0.29, 0.717) is 23.4 Å². The highest BCUT2D eigenvalue weighted by Crippen LogP contribution is 2.32. The Morgan fingerprint density at radius 1 is 1.23 bits per heavy atom. The maximum Gasteiger partial charge on any atom is 0.233 e. The van der Waals surface area contributed by atoms with Crippen molar-refractivity contribution in [2.24, 2.45) is 0 Å². The first-order chi connectivity index (χ1) is 12.5. The van der Waals surface area contributed by atoms with Crippen molar-refractivity contribution in [2.75, 3.05) is 18.6 Å².